The van der Waals surface area contributed by atoms with Crippen molar-refractivity contribution in [3.05, 3.63) is 46.5 Å². The Bertz CT molecular complexity index is 474. The number of aromatic nitrogens is 2. The summed E-state index contributed by atoms with van der Waals surface area (Å²) in [5, 5.41) is 0. The maximum atomic E-state index is 11.3. The summed E-state index contributed by atoms with van der Waals surface area (Å²) < 4.78 is 1.54. The van der Waals surface area contributed by atoms with Crippen LogP contribution < -0.4 is 5.56 Å². The summed E-state index contributed by atoms with van der Waals surface area (Å²) in [5.74, 6) is 0. The average Bonchev–Trinajstić information content (AvgIpc) is 2.22. The third-order valence-electron chi connectivity index (χ3n) is 1.74. The van der Waals surface area contributed by atoms with Crippen LogP contribution in [0.2, 0.25) is 0 Å². The van der Waals surface area contributed by atoms with Crippen LogP contribution in [-0.4, -0.2) is 9.38 Å². The van der Waals surface area contributed by atoms with E-state index in [0.717, 1.165) is 5.56 Å². The highest BCUT2D eigenvalue weighted by atomic mass is 16.1. The van der Waals surface area contributed by atoms with Gasteiger partial charge in [-0.15, -0.1) is 0 Å². The van der Waals surface area contributed by atoms with Gasteiger partial charge in [-0.3, -0.25) is 9.20 Å². The van der Waals surface area contributed by atoms with E-state index >= 15 is 0 Å². The van der Waals surface area contributed by atoms with Gasteiger partial charge in [0.15, 0.2) is 0 Å². The van der Waals surface area contributed by atoms with Gasteiger partial charge in [0.2, 0.25) is 0 Å². The molecular formula is C11H14N2O. The van der Waals surface area contributed by atoms with Crippen LogP contribution in [0, 0.1) is 6.92 Å². The minimum Gasteiger partial charge on any atom is -0.269 e. The van der Waals surface area contributed by atoms with Gasteiger partial charge in [-0.05, 0) is 18.6 Å². The first-order chi connectivity index (χ1) is 6.77. The Morgan fingerprint density at radius 2 is 1.93 bits per heavy atom. The van der Waals surface area contributed by atoms with E-state index in [9.17, 15) is 4.79 Å². The van der Waals surface area contributed by atoms with Crippen LogP contribution >= 0.6 is 0 Å². The molecule has 3 nitrogen and oxygen atoms in total. The molecule has 74 valence electrons. The highest BCUT2D eigenvalue weighted by Crippen LogP contribution is 1.98. The van der Waals surface area contributed by atoms with Gasteiger partial charge in [0.25, 0.3) is 5.56 Å². The van der Waals surface area contributed by atoms with Gasteiger partial charge in [0.05, 0.1) is 0 Å². The Labute approximate surface area is 83.0 Å². The topological polar surface area (TPSA) is 34.4 Å². The lowest BCUT2D eigenvalue weighted by atomic mass is 10.3. The fourth-order valence-electron chi connectivity index (χ4n) is 1.14. The van der Waals surface area contributed by atoms with Crippen LogP contribution in [0.15, 0.2) is 35.4 Å². The third-order valence-corrected chi connectivity index (χ3v) is 1.74. The van der Waals surface area contributed by atoms with Crippen molar-refractivity contribution in [3.63, 3.8) is 0 Å². The van der Waals surface area contributed by atoms with Gasteiger partial charge >= 0.3 is 0 Å². The zero-order valence-corrected chi connectivity index (χ0v) is 8.69. The highest BCUT2D eigenvalue weighted by molar-refractivity contribution is 5.38. The summed E-state index contributed by atoms with van der Waals surface area (Å²) in [5.41, 5.74) is 1.70. The van der Waals surface area contributed by atoms with E-state index in [1.807, 2.05) is 32.9 Å². The molecule has 0 bridgehead atoms. The average molecular weight is 190 g/mol. The zero-order valence-electron chi connectivity index (χ0n) is 8.69. The molecule has 0 saturated heterocycles. The predicted octanol–water partition coefficient (Wildman–Crippen LogP) is 2.03. The lowest BCUT2D eigenvalue weighted by Crippen LogP contribution is -2.12. The van der Waals surface area contributed by atoms with E-state index in [2.05, 4.69) is 4.98 Å². The lowest BCUT2D eigenvalue weighted by Gasteiger charge is -1.98. The molecule has 0 radical (unpaired) electrons. The van der Waals surface area contributed by atoms with Gasteiger partial charge in [0, 0.05) is 18.5 Å². The number of pyridine rings is 1. The lowest BCUT2D eigenvalue weighted by molar-refractivity contribution is 1.03. The van der Waals surface area contributed by atoms with Crippen molar-refractivity contribution in [2.24, 2.45) is 0 Å². The molecule has 0 spiro atoms. The van der Waals surface area contributed by atoms with Gasteiger partial charge in [-0.1, -0.05) is 19.9 Å². The monoisotopic (exact) mass is 190 g/mol. The Balaban J connectivity index is 0.000000461. The number of hydrogen-bond acceptors (Lipinski definition) is 2. The Morgan fingerprint density at radius 3 is 2.64 bits per heavy atom. The van der Waals surface area contributed by atoms with Crippen molar-refractivity contribution < 1.29 is 0 Å². The van der Waals surface area contributed by atoms with Crippen LogP contribution in [0.25, 0.3) is 5.65 Å². The van der Waals surface area contributed by atoms with Crippen molar-refractivity contribution in [2.45, 2.75) is 20.8 Å². The van der Waals surface area contributed by atoms with Crippen LogP contribution in [0.1, 0.15) is 19.4 Å². The minimum absolute atomic E-state index is 0.0382. The summed E-state index contributed by atoms with van der Waals surface area (Å²) in [7, 11) is 0. The van der Waals surface area contributed by atoms with Gasteiger partial charge in [-0.2, -0.15) is 0 Å². The Kier molecular flexibility index (Phi) is 3.40. The zero-order chi connectivity index (χ0) is 10.6. The SMILES string of the molecule is CC.Cc1ccc2nccc(=O)n2c1. The quantitative estimate of drug-likeness (QED) is 0.637. The number of aryl methyl sites for hydroxylation is 1. The largest absolute Gasteiger partial charge is 0.269 e. The number of hydrogen-bond donors (Lipinski definition) is 0. The van der Waals surface area contributed by atoms with E-state index < -0.39 is 0 Å². The van der Waals surface area contributed by atoms with Crippen molar-refractivity contribution >= 4 is 5.65 Å². The normalized spacial score (nSPS) is 9.36. The number of rotatable bonds is 0. The fourth-order valence-corrected chi connectivity index (χ4v) is 1.14. The molecule has 0 unspecified atom stereocenters. The molecule has 0 atom stereocenters. The van der Waals surface area contributed by atoms with E-state index in [4.69, 9.17) is 0 Å². The van der Waals surface area contributed by atoms with E-state index in [1.165, 1.54) is 16.7 Å². The molecule has 2 rings (SSSR count). The molecule has 2 aromatic heterocycles. The standard InChI is InChI=1S/C9H8N2O.C2H6/c1-7-2-3-8-10-5-4-9(12)11(8)6-7;1-2/h2-6H,1H3;1-2H3. The molecule has 0 aromatic carbocycles. The molecule has 2 aromatic rings. The number of fused-ring (bicyclic) bond motifs is 1. The second-order valence-corrected chi connectivity index (χ2v) is 2.72. The smallest absolute Gasteiger partial charge is 0.257 e. The molecule has 3 heteroatoms. The van der Waals surface area contributed by atoms with E-state index in [-0.39, 0.29) is 5.56 Å². The first kappa shape index (κ1) is 10.4. The van der Waals surface area contributed by atoms with Crippen molar-refractivity contribution in [1.82, 2.24) is 9.38 Å². The fraction of sp³-hybridized carbons (Fsp3) is 0.273. The summed E-state index contributed by atoms with van der Waals surface area (Å²) in [6.45, 7) is 5.94. The molecule has 0 amide bonds. The summed E-state index contributed by atoms with van der Waals surface area (Å²) in [6, 6.07) is 5.21. The predicted molar refractivity (Wildman–Crippen MR) is 57.5 cm³/mol. The maximum absolute atomic E-state index is 11.3. The molecule has 0 aliphatic carbocycles. The minimum atomic E-state index is -0.0382. The first-order valence-electron chi connectivity index (χ1n) is 4.71. The molecule has 0 aliphatic rings. The summed E-state index contributed by atoms with van der Waals surface area (Å²) in [4.78, 5) is 15.3. The summed E-state index contributed by atoms with van der Waals surface area (Å²) in [6.07, 6.45) is 3.30. The van der Waals surface area contributed by atoms with Crippen LogP contribution in [0.4, 0.5) is 0 Å². The Hall–Kier alpha value is -1.64. The molecule has 0 fully saturated rings. The van der Waals surface area contributed by atoms with Crippen molar-refractivity contribution in [3.8, 4) is 0 Å². The van der Waals surface area contributed by atoms with Gasteiger partial charge < -0.3 is 0 Å². The molecule has 0 N–H and O–H groups in total. The highest BCUT2D eigenvalue weighted by Gasteiger charge is 1.94. The van der Waals surface area contributed by atoms with E-state index in [1.54, 1.807) is 6.20 Å². The summed E-state index contributed by atoms with van der Waals surface area (Å²) >= 11 is 0. The van der Waals surface area contributed by atoms with E-state index in [0.29, 0.717) is 5.65 Å². The van der Waals surface area contributed by atoms with Crippen molar-refractivity contribution in [1.29, 1.82) is 0 Å². The molecule has 0 aliphatic heterocycles. The second kappa shape index (κ2) is 4.56. The van der Waals surface area contributed by atoms with Crippen LogP contribution in [-0.2, 0) is 0 Å². The molecule has 2 heterocycles. The second-order valence-electron chi connectivity index (χ2n) is 2.72. The first-order valence-corrected chi connectivity index (χ1v) is 4.71. The van der Waals surface area contributed by atoms with Crippen LogP contribution in [0.5, 0.6) is 0 Å². The number of nitrogens with zero attached hydrogens (tertiary/aromatic N) is 2. The van der Waals surface area contributed by atoms with Crippen LogP contribution in [0.3, 0.4) is 0 Å². The van der Waals surface area contributed by atoms with Gasteiger partial charge in [-0.25, -0.2) is 4.98 Å². The third kappa shape index (κ3) is 1.99. The Morgan fingerprint density at radius 1 is 1.21 bits per heavy atom. The molecule has 14 heavy (non-hydrogen) atoms. The van der Waals surface area contributed by atoms with Crippen molar-refractivity contribution in [2.75, 3.05) is 0 Å². The maximum Gasteiger partial charge on any atom is 0.257 e. The molecular weight excluding hydrogens is 176 g/mol. The van der Waals surface area contributed by atoms with Gasteiger partial charge in [0.1, 0.15) is 5.65 Å². The molecule has 0 saturated carbocycles.